The van der Waals surface area contributed by atoms with Crippen LogP contribution in [0.2, 0.25) is 5.02 Å². The molecule has 27 heavy (non-hydrogen) atoms. The predicted molar refractivity (Wildman–Crippen MR) is 118 cm³/mol. The Balaban J connectivity index is 1.81. The zero-order chi connectivity index (χ0) is 18.6. The van der Waals surface area contributed by atoms with Crippen LogP contribution in [-0.2, 0) is 0 Å². The fourth-order valence-electron chi connectivity index (χ4n) is 2.81. The minimum Gasteiger partial charge on any atom is -0.265 e. The Morgan fingerprint density at radius 2 is 1.52 bits per heavy atom. The maximum Gasteiger partial charge on any atom is 0.124 e. The van der Waals surface area contributed by atoms with Crippen LogP contribution in [0.25, 0.3) is 32.3 Å². The Bertz CT molecular complexity index is 1030. The van der Waals surface area contributed by atoms with E-state index in [1.54, 1.807) is 11.3 Å². The highest BCUT2D eigenvalue weighted by Gasteiger charge is 2.16. The van der Waals surface area contributed by atoms with Gasteiger partial charge in [0.1, 0.15) is 5.01 Å². The van der Waals surface area contributed by atoms with E-state index in [0.717, 1.165) is 43.0 Å². The lowest BCUT2D eigenvalue weighted by atomic mass is 10.1. The van der Waals surface area contributed by atoms with Gasteiger partial charge in [0.05, 0.1) is 10.6 Å². The van der Waals surface area contributed by atoms with Crippen LogP contribution >= 0.6 is 34.7 Å². The van der Waals surface area contributed by atoms with Gasteiger partial charge in [-0.05, 0) is 47.7 Å². The summed E-state index contributed by atoms with van der Waals surface area (Å²) in [6, 6.07) is 20.5. The van der Waals surface area contributed by atoms with E-state index >= 15 is 0 Å². The van der Waals surface area contributed by atoms with Crippen molar-refractivity contribution in [3.05, 3.63) is 78.1 Å². The Labute approximate surface area is 172 Å². The summed E-state index contributed by atoms with van der Waals surface area (Å²) in [6.45, 7) is 2.17. The summed E-state index contributed by atoms with van der Waals surface area (Å²) in [5.74, 6) is 1.07. The molecule has 0 aliphatic rings. The largest absolute Gasteiger partial charge is 0.265 e. The predicted octanol–water partition coefficient (Wildman–Crippen LogP) is 7.30. The van der Waals surface area contributed by atoms with E-state index in [0.29, 0.717) is 0 Å². The normalized spacial score (nSPS) is 10.9. The number of hydrogen-bond donors (Lipinski definition) is 0. The smallest absolute Gasteiger partial charge is 0.124 e. The molecule has 0 unspecified atom stereocenters. The van der Waals surface area contributed by atoms with E-state index in [9.17, 15) is 0 Å². The summed E-state index contributed by atoms with van der Waals surface area (Å²) in [7, 11) is 0. The number of rotatable bonds is 5. The maximum atomic E-state index is 6.07. The molecule has 2 aromatic carbocycles. The van der Waals surface area contributed by atoms with Gasteiger partial charge in [0.15, 0.2) is 0 Å². The molecule has 5 heteroatoms. The van der Waals surface area contributed by atoms with Crippen molar-refractivity contribution in [3.63, 3.8) is 0 Å². The van der Waals surface area contributed by atoms with Crippen molar-refractivity contribution in [3.8, 4) is 32.3 Å². The Kier molecular flexibility index (Phi) is 5.58. The fraction of sp³-hybridized carbons (Fsp3) is 0.0909. The second-order valence-electron chi connectivity index (χ2n) is 5.90. The van der Waals surface area contributed by atoms with Gasteiger partial charge in [0, 0.05) is 33.4 Å². The van der Waals surface area contributed by atoms with E-state index in [-0.39, 0.29) is 0 Å². The number of benzene rings is 2. The molecule has 0 saturated heterocycles. The molecule has 134 valence electrons. The van der Waals surface area contributed by atoms with Crippen LogP contribution in [0.15, 0.2) is 78.0 Å². The van der Waals surface area contributed by atoms with Gasteiger partial charge in [-0.2, -0.15) is 0 Å². The van der Waals surface area contributed by atoms with Crippen molar-refractivity contribution in [1.29, 1.82) is 0 Å². The summed E-state index contributed by atoms with van der Waals surface area (Å²) in [4.78, 5) is 11.5. The summed E-state index contributed by atoms with van der Waals surface area (Å²) in [6.07, 6.45) is 3.63. The molecule has 0 bridgehead atoms. The number of thioether (sulfide) groups is 1. The molecule has 0 amide bonds. The quantitative estimate of drug-likeness (QED) is 0.324. The van der Waals surface area contributed by atoms with Crippen LogP contribution in [-0.4, -0.2) is 15.7 Å². The van der Waals surface area contributed by atoms with Crippen LogP contribution < -0.4 is 0 Å². The van der Waals surface area contributed by atoms with Crippen LogP contribution in [0.3, 0.4) is 0 Å². The van der Waals surface area contributed by atoms with Crippen molar-refractivity contribution in [2.45, 2.75) is 11.8 Å². The molecule has 0 N–H and O–H groups in total. The molecule has 2 heterocycles. The van der Waals surface area contributed by atoms with Gasteiger partial charge in [-0.15, -0.1) is 23.1 Å². The Morgan fingerprint density at radius 1 is 0.852 bits per heavy atom. The van der Waals surface area contributed by atoms with Crippen molar-refractivity contribution in [1.82, 2.24) is 9.97 Å². The zero-order valence-electron chi connectivity index (χ0n) is 14.7. The number of aromatic nitrogens is 2. The molecule has 2 aromatic heterocycles. The van der Waals surface area contributed by atoms with Crippen LogP contribution in [0.1, 0.15) is 6.92 Å². The average Bonchev–Trinajstić information content (AvgIpc) is 3.15. The highest BCUT2D eigenvalue weighted by Crippen LogP contribution is 2.40. The van der Waals surface area contributed by atoms with Gasteiger partial charge in [-0.1, -0.05) is 42.8 Å². The molecule has 0 radical (unpaired) electrons. The summed E-state index contributed by atoms with van der Waals surface area (Å²) in [5.41, 5.74) is 4.30. The number of thiazole rings is 1. The second-order valence-corrected chi connectivity index (χ2v) is 8.67. The minimum atomic E-state index is 0.726. The first-order valence-electron chi connectivity index (χ1n) is 8.65. The SMILES string of the molecule is CCSc1ccc(-c2nc(-c3ccc(Cl)cc3)c(-c3ccncc3)s2)cc1. The van der Waals surface area contributed by atoms with Crippen LogP contribution in [0, 0.1) is 0 Å². The lowest BCUT2D eigenvalue weighted by molar-refractivity contribution is 1.33. The van der Waals surface area contributed by atoms with E-state index in [4.69, 9.17) is 16.6 Å². The molecule has 0 spiro atoms. The first kappa shape index (κ1) is 18.2. The molecule has 0 aliphatic carbocycles. The number of halogens is 1. The first-order valence-corrected chi connectivity index (χ1v) is 10.8. The van der Waals surface area contributed by atoms with Gasteiger partial charge in [0.25, 0.3) is 0 Å². The van der Waals surface area contributed by atoms with Crippen molar-refractivity contribution < 1.29 is 0 Å². The van der Waals surface area contributed by atoms with Gasteiger partial charge in [-0.3, -0.25) is 4.98 Å². The highest BCUT2D eigenvalue weighted by molar-refractivity contribution is 7.99. The van der Waals surface area contributed by atoms with Crippen molar-refractivity contribution in [2.24, 2.45) is 0 Å². The molecule has 0 fully saturated rings. The standard InChI is InChI=1S/C22H17ClN2S2/c1-2-26-19-9-5-17(6-10-19)22-25-20(15-3-7-18(23)8-4-15)21(27-22)16-11-13-24-14-12-16/h3-14H,2H2,1H3. The van der Waals surface area contributed by atoms with E-state index in [1.807, 2.05) is 60.6 Å². The van der Waals surface area contributed by atoms with Crippen LogP contribution in [0.5, 0.6) is 0 Å². The van der Waals surface area contributed by atoms with Crippen molar-refractivity contribution >= 4 is 34.7 Å². The summed E-state index contributed by atoms with van der Waals surface area (Å²) < 4.78 is 0. The summed E-state index contributed by atoms with van der Waals surface area (Å²) >= 11 is 9.62. The molecule has 4 aromatic rings. The zero-order valence-corrected chi connectivity index (χ0v) is 17.1. The van der Waals surface area contributed by atoms with Gasteiger partial charge >= 0.3 is 0 Å². The number of nitrogens with zero attached hydrogens (tertiary/aromatic N) is 2. The fourth-order valence-corrected chi connectivity index (χ4v) is 4.69. The summed E-state index contributed by atoms with van der Waals surface area (Å²) in [5, 5.41) is 1.74. The van der Waals surface area contributed by atoms with Gasteiger partial charge in [-0.25, -0.2) is 4.98 Å². The third kappa shape index (κ3) is 4.08. The highest BCUT2D eigenvalue weighted by atomic mass is 35.5. The Hall–Kier alpha value is -2.14. The number of hydrogen-bond acceptors (Lipinski definition) is 4. The maximum absolute atomic E-state index is 6.07. The van der Waals surface area contributed by atoms with E-state index in [1.165, 1.54) is 4.90 Å². The average molecular weight is 409 g/mol. The first-order chi connectivity index (χ1) is 13.2. The van der Waals surface area contributed by atoms with Crippen LogP contribution in [0.4, 0.5) is 0 Å². The molecule has 0 aliphatic heterocycles. The monoisotopic (exact) mass is 408 g/mol. The molecule has 2 nitrogen and oxygen atoms in total. The van der Waals surface area contributed by atoms with E-state index in [2.05, 4.69) is 36.2 Å². The molecular weight excluding hydrogens is 392 g/mol. The Morgan fingerprint density at radius 3 is 2.19 bits per heavy atom. The molecule has 0 saturated carbocycles. The van der Waals surface area contributed by atoms with Gasteiger partial charge < -0.3 is 0 Å². The minimum absolute atomic E-state index is 0.726. The van der Waals surface area contributed by atoms with Crippen molar-refractivity contribution in [2.75, 3.05) is 5.75 Å². The van der Waals surface area contributed by atoms with E-state index < -0.39 is 0 Å². The second kappa shape index (κ2) is 8.26. The van der Waals surface area contributed by atoms with Gasteiger partial charge in [0.2, 0.25) is 0 Å². The third-order valence-corrected chi connectivity index (χ3v) is 6.40. The molecular formula is C22H17ClN2S2. The molecule has 4 rings (SSSR count). The lowest BCUT2D eigenvalue weighted by Gasteiger charge is -2.02. The molecule has 0 atom stereocenters. The lowest BCUT2D eigenvalue weighted by Crippen LogP contribution is -1.83. The third-order valence-electron chi connectivity index (χ3n) is 4.10. The number of pyridine rings is 1. The topological polar surface area (TPSA) is 25.8 Å².